The molecule has 0 heterocycles. The summed E-state index contributed by atoms with van der Waals surface area (Å²) >= 11 is 0. The van der Waals surface area contributed by atoms with Crippen LogP contribution in [-0.4, -0.2) is 11.1 Å². The maximum Gasteiger partial charge on any atom is 0.0214 e. The smallest absolute Gasteiger partial charge is 0.0214 e. The van der Waals surface area contributed by atoms with Crippen molar-refractivity contribution in [2.24, 2.45) is 23.7 Å². The molecule has 0 aromatic rings. The molecule has 0 amide bonds. The molecule has 0 aliphatic heterocycles. The van der Waals surface area contributed by atoms with E-state index in [0.29, 0.717) is 5.54 Å². The summed E-state index contributed by atoms with van der Waals surface area (Å²) in [5.41, 5.74) is 0.576. The summed E-state index contributed by atoms with van der Waals surface area (Å²) in [5, 5.41) is 4.00. The minimum absolute atomic E-state index is 0.251. The Morgan fingerprint density at radius 2 is 1.47 bits per heavy atom. The zero-order valence-corrected chi connectivity index (χ0v) is 13.2. The zero-order chi connectivity index (χ0) is 13.4. The third-order valence-electron chi connectivity index (χ3n) is 6.07. The molecule has 1 saturated carbocycles. The first-order chi connectivity index (χ1) is 7.70. The fraction of sp³-hybridized carbons (Fsp3) is 1.00. The summed E-state index contributed by atoms with van der Waals surface area (Å²) in [7, 11) is 0. The van der Waals surface area contributed by atoms with Crippen molar-refractivity contribution in [3.05, 3.63) is 0 Å². The van der Waals surface area contributed by atoms with Crippen LogP contribution in [0.2, 0.25) is 0 Å². The molecule has 0 saturated heterocycles. The highest BCUT2D eigenvalue weighted by molar-refractivity contribution is 5.09. The zero-order valence-electron chi connectivity index (χ0n) is 13.2. The van der Waals surface area contributed by atoms with Gasteiger partial charge in [0.05, 0.1) is 0 Å². The van der Waals surface area contributed by atoms with Gasteiger partial charge in [-0.1, -0.05) is 47.5 Å². The summed E-state index contributed by atoms with van der Waals surface area (Å²) in [6.07, 6.45) is 2.54. The van der Waals surface area contributed by atoms with Gasteiger partial charge in [-0.25, -0.2) is 0 Å². The highest BCUT2D eigenvalue weighted by atomic mass is 15.1. The first kappa shape index (κ1) is 15.0. The van der Waals surface area contributed by atoms with Crippen LogP contribution in [0.25, 0.3) is 0 Å². The van der Waals surface area contributed by atoms with Gasteiger partial charge in [-0.3, -0.25) is 0 Å². The number of nitrogens with one attached hydrogen (secondary N) is 1. The fourth-order valence-corrected chi connectivity index (χ4v) is 4.15. The standard InChI is InChI=1S/C16H33N/c1-9-14(10-2)15(6,7)17-16(8)12(4)11(3)13(16)5/h11-14,17H,9-10H2,1-8H3. The third kappa shape index (κ3) is 2.41. The van der Waals surface area contributed by atoms with E-state index in [1.165, 1.54) is 12.8 Å². The lowest BCUT2D eigenvalue weighted by Crippen LogP contribution is -2.71. The van der Waals surface area contributed by atoms with Crippen molar-refractivity contribution < 1.29 is 0 Å². The van der Waals surface area contributed by atoms with E-state index in [1.54, 1.807) is 0 Å². The molecular weight excluding hydrogens is 206 g/mol. The quantitative estimate of drug-likeness (QED) is 0.746. The molecule has 0 aromatic carbocycles. The molecule has 1 aliphatic carbocycles. The van der Waals surface area contributed by atoms with Gasteiger partial charge in [0.25, 0.3) is 0 Å². The Morgan fingerprint density at radius 1 is 1.06 bits per heavy atom. The second-order valence-electron chi connectivity index (χ2n) is 7.08. The van der Waals surface area contributed by atoms with Gasteiger partial charge in [-0.05, 0) is 44.4 Å². The van der Waals surface area contributed by atoms with E-state index in [2.05, 4.69) is 60.7 Å². The van der Waals surface area contributed by atoms with Crippen molar-refractivity contribution >= 4 is 0 Å². The van der Waals surface area contributed by atoms with Crippen LogP contribution in [0.5, 0.6) is 0 Å². The summed E-state index contributed by atoms with van der Waals surface area (Å²) in [5.74, 6) is 3.19. The van der Waals surface area contributed by atoms with Crippen LogP contribution < -0.4 is 5.32 Å². The van der Waals surface area contributed by atoms with Gasteiger partial charge in [0, 0.05) is 11.1 Å². The largest absolute Gasteiger partial charge is 0.306 e. The van der Waals surface area contributed by atoms with Crippen LogP contribution in [0.4, 0.5) is 0 Å². The minimum atomic E-state index is 0.251. The molecule has 2 atom stereocenters. The van der Waals surface area contributed by atoms with Crippen LogP contribution in [-0.2, 0) is 0 Å². The van der Waals surface area contributed by atoms with Gasteiger partial charge >= 0.3 is 0 Å². The van der Waals surface area contributed by atoms with Crippen LogP contribution in [0.3, 0.4) is 0 Å². The lowest BCUT2D eigenvalue weighted by molar-refractivity contribution is -0.0583. The number of hydrogen-bond acceptors (Lipinski definition) is 1. The number of rotatable bonds is 5. The van der Waals surface area contributed by atoms with Crippen molar-refractivity contribution in [3.8, 4) is 0 Å². The van der Waals surface area contributed by atoms with Crippen LogP contribution in [0, 0.1) is 23.7 Å². The van der Waals surface area contributed by atoms with Gasteiger partial charge < -0.3 is 5.32 Å². The van der Waals surface area contributed by atoms with E-state index >= 15 is 0 Å². The molecule has 1 rings (SSSR count). The third-order valence-corrected chi connectivity index (χ3v) is 6.07. The molecule has 102 valence electrons. The Kier molecular flexibility index (Phi) is 4.34. The molecule has 1 nitrogen and oxygen atoms in total. The van der Waals surface area contributed by atoms with E-state index < -0.39 is 0 Å². The first-order valence-corrected chi connectivity index (χ1v) is 7.50. The van der Waals surface area contributed by atoms with E-state index in [9.17, 15) is 0 Å². The predicted octanol–water partition coefficient (Wildman–Crippen LogP) is 4.47. The van der Waals surface area contributed by atoms with E-state index in [-0.39, 0.29) is 5.54 Å². The maximum atomic E-state index is 4.00. The Hall–Kier alpha value is -0.0400. The van der Waals surface area contributed by atoms with Crippen LogP contribution in [0.1, 0.15) is 68.2 Å². The normalized spacial score (nSPS) is 38.3. The summed E-state index contributed by atoms with van der Waals surface area (Å²) in [6.45, 7) is 19.0. The van der Waals surface area contributed by atoms with Gasteiger partial charge in [0.2, 0.25) is 0 Å². The highest BCUT2D eigenvalue weighted by Gasteiger charge is 2.54. The Bertz CT molecular complexity index is 242. The average Bonchev–Trinajstić information content (AvgIpc) is 2.27. The second-order valence-corrected chi connectivity index (χ2v) is 7.08. The van der Waals surface area contributed by atoms with Crippen LogP contribution >= 0.6 is 0 Å². The van der Waals surface area contributed by atoms with Crippen molar-refractivity contribution in [1.82, 2.24) is 5.32 Å². The van der Waals surface area contributed by atoms with E-state index in [1.807, 2.05) is 0 Å². The average molecular weight is 239 g/mol. The van der Waals surface area contributed by atoms with Crippen molar-refractivity contribution in [2.45, 2.75) is 79.3 Å². The molecule has 0 spiro atoms. The van der Waals surface area contributed by atoms with Gasteiger partial charge in [-0.2, -0.15) is 0 Å². The lowest BCUT2D eigenvalue weighted by atomic mass is 9.53. The molecule has 0 radical (unpaired) electrons. The molecule has 1 aliphatic rings. The Balaban J connectivity index is 2.77. The second kappa shape index (κ2) is 4.91. The van der Waals surface area contributed by atoms with Crippen molar-refractivity contribution in [2.75, 3.05) is 0 Å². The predicted molar refractivity (Wildman–Crippen MR) is 77.2 cm³/mol. The monoisotopic (exact) mass is 239 g/mol. The van der Waals surface area contributed by atoms with Crippen molar-refractivity contribution in [1.29, 1.82) is 0 Å². The van der Waals surface area contributed by atoms with Gasteiger partial charge in [0.15, 0.2) is 0 Å². The first-order valence-electron chi connectivity index (χ1n) is 7.50. The molecule has 1 N–H and O–H groups in total. The van der Waals surface area contributed by atoms with Gasteiger partial charge in [-0.15, -0.1) is 0 Å². The number of hydrogen-bond donors (Lipinski definition) is 1. The topological polar surface area (TPSA) is 12.0 Å². The Morgan fingerprint density at radius 3 is 1.82 bits per heavy atom. The summed E-state index contributed by atoms with van der Waals surface area (Å²) in [4.78, 5) is 0. The maximum absolute atomic E-state index is 4.00. The molecule has 0 bridgehead atoms. The highest BCUT2D eigenvalue weighted by Crippen LogP contribution is 2.49. The molecule has 1 fully saturated rings. The summed E-state index contributed by atoms with van der Waals surface area (Å²) < 4.78 is 0. The molecule has 2 unspecified atom stereocenters. The Labute approximate surface area is 109 Å². The van der Waals surface area contributed by atoms with Crippen molar-refractivity contribution in [3.63, 3.8) is 0 Å². The summed E-state index contributed by atoms with van der Waals surface area (Å²) in [6, 6.07) is 0. The fourth-order valence-electron chi connectivity index (χ4n) is 4.15. The SMILES string of the molecule is CCC(CC)C(C)(C)NC1(C)C(C)C(C)C1C. The van der Waals surface area contributed by atoms with Gasteiger partial charge in [0.1, 0.15) is 0 Å². The van der Waals surface area contributed by atoms with Crippen LogP contribution in [0.15, 0.2) is 0 Å². The molecule has 1 heteroatoms. The van der Waals surface area contributed by atoms with E-state index in [4.69, 9.17) is 0 Å². The minimum Gasteiger partial charge on any atom is -0.306 e. The van der Waals surface area contributed by atoms with E-state index in [0.717, 1.165) is 23.7 Å². The molecule has 17 heavy (non-hydrogen) atoms. The molecule has 0 aromatic heterocycles. The molecular formula is C16H33N. The lowest BCUT2D eigenvalue weighted by Gasteiger charge is -2.61.